The van der Waals surface area contributed by atoms with Crippen LogP contribution in [0.25, 0.3) is 22.5 Å². The first-order valence-electron chi connectivity index (χ1n) is 12.6. The largest absolute Gasteiger partial charge is 0.494 e. The van der Waals surface area contributed by atoms with Gasteiger partial charge in [-0.3, -0.25) is 5.32 Å². The third-order valence-electron chi connectivity index (χ3n) is 6.10. The van der Waals surface area contributed by atoms with Gasteiger partial charge in [-0.25, -0.2) is 9.78 Å². The number of aryl methyl sites for hydroxylation is 1. The Labute approximate surface area is 222 Å². The van der Waals surface area contributed by atoms with Gasteiger partial charge >= 0.3 is 6.09 Å². The third kappa shape index (κ3) is 6.10. The molecule has 0 saturated carbocycles. The zero-order valence-electron chi connectivity index (χ0n) is 21.2. The van der Waals surface area contributed by atoms with E-state index in [-0.39, 0.29) is 0 Å². The summed E-state index contributed by atoms with van der Waals surface area (Å²) in [7, 11) is 0. The summed E-state index contributed by atoms with van der Waals surface area (Å²) < 4.78 is 13.5. The minimum atomic E-state index is -0.537. The first-order chi connectivity index (χ1) is 18.7. The maximum Gasteiger partial charge on any atom is 0.417 e. The normalized spacial score (nSPS) is 10.7. The van der Waals surface area contributed by atoms with Crippen molar-refractivity contribution >= 4 is 11.8 Å². The van der Waals surface area contributed by atoms with Crippen molar-refractivity contribution in [3.8, 4) is 34.0 Å². The fourth-order valence-corrected chi connectivity index (χ4v) is 4.31. The van der Waals surface area contributed by atoms with Crippen LogP contribution in [0.5, 0.6) is 11.5 Å². The van der Waals surface area contributed by atoms with Crippen LogP contribution in [0.4, 0.5) is 10.5 Å². The van der Waals surface area contributed by atoms with E-state index < -0.39 is 6.09 Å². The summed E-state index contributed by atoms with van der Waals surface area (Å²) in [5.41, 5.74) is 4.98. The van der Waals surface area contributed by atoms with Crippen LogP contribution in [0.15, 0.2) is 115 Å². The molecule has 0 unspecified atom stereocenters. The van der Waals surface area contributed by atoms with E-state index in [4.69, 9.17) is 14.5 Å². The SMILES string of the molecule is Cc1nc(-c2ccccc2)c(-c2ccccc2)n1CCCOc1ccc(NC(=O)Oc2ccccc2)cc1. The molecule has 6 nitrogen and oxygen atoms in total. The lowest BCUT2D eigenvalue weighted by molar-refractivity contribution is 0.215. The van der Waals surface area contributed by atoms with E-state index in [1.54, 1.807) is 24.3 Å². The lowest BCUT2D eigenvalue weighted by Crippen LogP contribution is -2.16. The number of carbonyl (C=O) groups is 1. The van der Waals surface area contributed by atoms with Crippen LogP contribution in [-0.4, -0.2) is 22.3 Å². The third-order valence-corrected chi connectivity index (χ3v) is 6.10. The summed E-state index contributed by atoms with van der Waals surface area (Å²) in [6, 6.07) is 36.9. The highest BCUT2D eigenvalue weighted by molar-refractivity contribution is 5.86. The first-order valence-corrected chi connectivity index (χ1v) is 12.6. The summed E-state index contributed by atoms with van der Waals surface area (Å²) in [5, 5.41) is 2.72. The molecular formula is C32H29N3O3. The topological polar surface area (TPSA) is 65.4 Å². The van der Waals surface area contributed by atoms with E-state index in [9.17, 15) is 4.79 Å². The summed E-state index contributed by atoms with van der Waals surface area (Å²) >= 11 is 0. The molecule has 1 N–H and O–H groups in total. The molecule has 0 radical (unpaired) electrons. The van der Waals surface area contributed by atoms with Gasteiger partial charge in [0.15, 0.2) is 0 Å². The van der Waals surface area contributed by atoms with Crippen LogP contribution in [0, 0.1) is 6.92 Å². The molecule has 0 bridgehead atoms. The zero-order chi connectivity index (χ0) is 26.2. The van der Waals surface area contributed by atoms with E-state index in [1.807, 2.05) is 61.5 Å². The Kier molecular flexibility index (Phi) is 7.80. The highest BCUT2D eigenvalue weighted by Gasteiger charge is 2.17. The lowest BCUT2D eigenvalue weighted by Gasteiger charge is -2.13. The average molecular weight is 504 g/mol. The number of amides is 1. The number of ether oxygens (including phenoxy) is 2. The quantitative estimate of drug-likeness (QED) is 0.210. The number of nitrogens with zero attached hydrogens (tertiary/aromatic N) is 2. The molecule has 190 valence electrons. The van der Waals surface area contributed by atoms with Gasteiger partial charge in [-0.15, -0.1) is 0 Å². The van der Waals surface area contributed by atoms with Crippen molar-refractivity contribution in [1.29, 1.82) is 0 Å². The predicted octanol–water partition coefficient (Wildman–Crippen LogP) is 7.61. The monoisotopic (exact) mass is 503 g/mol. The smallest absolute Gasteiger partial charge is 0.417 e. The maximum absolute atomic E-state index is 12.1. The van der Waals surface area contributed by atoms with Gasteiger partial charge in [0.05, 0.1) is 18.0 Å². The van der Waals surface area contributed by atoms with Crippen LogP contribution in [0.3, 0.4) is 0 Å². The van der Waals surface area contributed by atoms with Crippen molar-refractivity contribution in [2.75, 3.05) is 11.9 Å². The molecule has 0 spiro atoms. The Morgan fingerprint density at radius 1 is 0.763 bits per heavy atom. The molecule has 6 heteroatoms. The number of nitrogens with one attached hydrogen (secondary N) is 1. The Morgan fingerprint density at radius 2 is 1.37 bits per heavy atom. The molecule has 0 aliphatic heterocycles. The maximum atomic E-state index is 12.1. The van der Waals surface area contributed by atoms with E-state index in [2.05, 4.69) is 46.3 Å². The summed E-state index contributed by atoms with van der Waals surface area (Å²) in [4.78, 5) is 17.0. The van der Waals surface area contributed by atoms with Gasteiger partial charge in [-0.05, 0) is 49.7 Å². The zero-order valence-corrected chi connectivity index (χ0v) is 21.2. The fraction of sp³-hybridized carbons (Fsp3) is 0.125. The van der Waals surface area contributed by atoms with Crippen molar-refractivity contribution in [1.82, 2.24) is 9.55 Å². The van der Waals surface area contributed by atoms with E-state index in [0.717, 1.165) is 47.1 Å². The Morgan fingerprint density at radius 3 is 2.03 bits per heavy atom. The van der Waals surface area contributed by atoms with Crippen LogP contribution >= 0.6 is 0 Å². The van der Waals surface area contributed by atoms with Gasteiger partial charge in [0.25, 0.3) is 0 Å². The highest BCUT2D eigenvalue weighted by atomic mass is 16.6. The lowest BCUT2D eigenvalue weighted by atomic mass is 10.0. The van der Waals surface area contributed by atoms with Gasteiger partial charge in [0, 0.05) is 23.4 Å². The summed E-state index contributed by atoms with van der Waals surface area (Å²) in [5.74, 6) is 2.20. The van der Waals surface area contributed by atoms with Crippen molar-refractivity contribution < 1.29 is 14.3 Å². The molecule has 0 atom stereocenters. The number of aromatic nitrogens is 2. The molecule has 5 rings (SSSR count). The number of hydrogen-bond donors (Lipinski definition) is 1. The van der Waals surface area contributed by atoms with Crippen LogP contribution in [0.1, 0.15) is 12.2 Å². The van der Waals surface area contributed by atoms with Crippen molar-refractivity contribution in [3.05, 3.63) is 121 Å². The van der Waals surface area contributed by atoms with Gasteiger partial charge in [-0.1, -0.05) is 78.9 Å². The molecule has 0 aliphatic rings. The van der Waals surface area contributed by atoms with Gasteiger partial charge in [-0.2, -0.15) is 0 Å². The van der Waals surface area contributed by atoms with Crippen LogP contribution in [0.2, 0.25) is 0 Å². The van der Waals surface area contributed by atoms with Crippen LogP contribution < -0.4 is 14.8 Å². The number of imidazole rings is 1. The molecule has 1 aromatic heterocycles. The van der Waals surface area contributed by atoms with Crippen molar-refractivity contribution in [3.63, 3.8) is 0 Å². The number of rotatable bonds is 9. The van der Waals surface area contributed by atoms with E-state index >= 15 is 0 Å². The molecule has 5 aromatic rings. The molecule has 1 amide bonds. The average Bonchev–Trinajstić information content (AvgIpc) is 3.29. The minimum absolute atomic E-state index is 0.490. The van der Waals surface area contributed by atoms with Gasteiger partial charge < -0.3 is 14.0 Å². The molecule has 0 aliphatic carbocycles. The number of para-hydroxylation sites is 1. The predicted molar refractivity (Wildman–Crippen MR) is 150 cm³/mol. The minimum Gasteiger partial charge on any atom is -0.494 e. The van der Waals surface area contributed by atoms with Crippen molar-refractivity contribution in [2.45, 2.75) is 19.9 Å². The standard InChI is InChI=1S/C32H29N3O3/c1-24-33-30(25-12-5-2-6-13-25)31(26-14-7-3-8-15-26)35(24)22-11-23-37-28-20-18-27(19-21-28)34-32(36)38-29-16-9-4-10-17-29/h2-10,12-21H,11,22-23H2,1H3,(H,34,36). The second kappa shape index (κ2) is 11.9. The highest BCUT2D eigenvalue weighted by Crippen LogP contribution is 2.33. The van der Waals surface area contributed by atoms with Gasteiger partial charge in [0.1, 0.15) is 17.3 Å². The number of carbonyl (C=O) groups excluding carboxylic acids is 1. The second-order valence-corrected chi connectivity index (χ2v) is 8.79. The van der Waals surface area contributed by atoms with E-state index in [0.29, 0.717) is 18.0 Å². The molecule has 38 heavy (non-hydrogen) atoms. The fourth-order valence-electron chi connectivity index (χ4n) is 4.31. The molecule has 0 saturated heterocycles. The van der Waals surface area contributed by atoms with Crippen LogP contribution in [-0.2, 0) is 6.54 Å². The van der Waals surface area contributed by atoms with Gasteiger partial charge in [0.2, 0.25) is 0 Å². The molecular weight excluding hydrogens is 474 g/mol. The second-order valence-electron chi connectivity index (χ2n) is 8.79. The van der Waals surface area contributed by atoms with E-state index in [1.165, 1.54) is 0 Å². The van der Waals surface area contributed by atoms with Crippen molar-refractivity contribution in [2.24, 2.45) is 0 Å². The molecule has 4 aromatic carbocycles. The Balaban J connectivity index is 1.20. The Hall–Kier alpha value is -4.84. The first kappa shape index (κ1) is 24.8. The molecule has 1 heterocycles. The number of anilines is 1. The molecule has 0 fully saturated rings. The number of hydrogen-bond acceptors (Lipinski definition) is 4. The Bertz CT molecular complexity index is 1470. The summed E-state index contributed by atoms with van der Waals surface area (Å²) in [6.07, 6.45) is 0.277. The number of benzene rings is 4. The summed E-state index contributed by atoms with van der Waals surface area (Å²) in [6.45, 7) is 3.38.